The van der Waals surface area contributed by atoms with Gasteiger partial charge in [0.15, 0.2) is 6.61 Å². The number of amides is 3. The van der Waals surface area contributed by atoms with Gasteiger partial charge < -0.3 is 10.1 Å². The maximum absolute atomic E-state index is 12.6. The predicted molar refractivity (Wildman–Crippen MR) is 115 cm³/mol. The molecule has 0 bridgehead atoms. The van der Waals surface area contributed by atoms with Crippen molar-refractivity contribution in [1.82, 2.24) is 10.3 Å². The monoisotopic (exact) mass is 405 g/mol. The second-order valence-corrected chi connectivity index (χ2v) is 7.04. The molecule has 7 heteroatoms. The van der Waals surface area contributed by atoms with Crippen molar-refractivity contribution in [3.8, 4) is 0 Å². The average Bonchev–Trinajstić information content (AvgIpc) is 2.70. The highest BCUT2D eigenvalue weighted by molar-refractivity contribution is 6.03. The molecule has 1 heterocycles. The van der Waals surface area contributed by atoms with E-state index in [9.17, 15) is 14.4 Å². The van der Waals surface area contributed by atoms with Crippen molar-refractivity contribution in [1.29, 1.82) is 0 Å². The Kier molecular flexibility index (Phi) is 6.11. The predicted octanol–water partition coefficient (Wildman–Crippen LogP) is 3.97. The number of carbonyl (C=O) groups excluding carboxylic acids is 3. The Morgan fingerprint density at radius 2 is 1.67 bits per heavy atom. The number of nitrogens with one attached hydrogen (secondary N) is 2. The molecule has 3 rings (SSSR count). The van der Waals surface area contributed by atoms with Crippen LogP contribution < -0.4 is 10.6 Å². The first-order valence-electron chi connectivity index (χ1n) is 9.48. The fourth-order valence-corrected chi connectivity index (χ4v) is 3.24. The van der Waals surface area contributed by atoms with Gasteiger partial charge in [0.05, 0.1) is 16.8 Å². The Morgan fingerprint density at radius 3 is 2.43 bits per heavy atom. The first-order chi connectivity index (χ1) is 14.3. The molecule has 0 saturated heterocycles. The number of pyridine rings is 1. The van der Waals surface area contributed by atoms with E-state index in [1.807, 2.05) is 57.2 Å². The van der Waals surface area contributed by atoms with Gasteiger partial charge in [0.25, 0.3) is 5.91 Å². The van der Waals surface area contributed by atoms with E-state index in [1.54, 1.807) is 13.0 Å². The molecule has 0 aliphatic heterocycles. The third-order valence-corrected chi connectivity index (χ3v) is 4.98. The summed E-state index contributed by atoms with van der Waals surface area (Å²) in [5.41, 5.74) is 4.88. The van der Waals surface area contributed by atoms with E-state index in [2.05, 4.69) is 15.6 Å². The maximum Gasteiger partial charge on any atom is 0.340 e. The summed E-state index contributed by atoms with van der Waals surface area (Å²) < 4.78 is 5.12. The zero-order valence-electron chi connectivity index (χ0n) is 17.3. The number of rotatable bonds is 4. The quantitative estimate of drug-likeness (QED) is 0.640. The second-order valence-electron chi connectivity index (χ2n) is 7.04. The lowest BCUT2D eigenvalue weighted by molar-refractivity contribution is -0.123. The Hall–Kier alpha value is -3.74. The summed E-state index contributed by atoms with van der Waals surface area (Å²) in [5.74, 6) is -1.39. The highest BCUT2D eigenvalue weighted by Crippen LogP contribution is 2.23. The fraction of sp³-hybridized carbons (Fsp3) is 0.217. The van der Waals surface area contributed by atoms with Crippen LogP contribution in [0.5, 0.6) is 0 Å². The van der Waals surface area contributed by atoms with Crippen LogP contribution in [0, 0.1) is 27.7 Å². The number of para-hydroxylation sites is 1. The van der Waals surface area contributed by atoms with Crippen LogP contribution in [0.1, 0.15) is 32.7 Å². The average molecular weight is 405 g/mol. The lowest BCUT2D eigenvalue weighted by Crippen LogP contribution is -2.37. The number of carbonyl (C=O) groups is 3. The van der Waals surface area contributed by atoms with Crippen molar-refractivity contribution in [3.05, 3.63) is 70.4 Å². The van der Waals surface area contributed by atoms with E-state index in [0.29, 0.717) is 16.9 Å². The van der Waals surface area contributed by atoms with Gasteiger partial charge in [-0.25, -0.2) is 9.59 Å². The van der Waals surface area contributed by atoms with Crippen LogP contribution >= 0.6 is 0 Å². The molecule has 0 aliphatic rings. The number of nitrogens with zero attached hydrogens (tertiary/aromatic N) is 1. The molecule has 0 radical (unpaired) electrons. The van der Waals surface area contributed by atoms with Gasteiger partial charge in [-0.05, 0) is 56.5 Å². The number of hydrogen-bond donors (Lipinski definition) is 2. The van der Waals surface area contributed by atoms with Crippen molar-refractivity contribution in [2.75, 3.05) is 11.9 Å². The van der Waals surface area contributed by atoms with Crippen molar-refractivity contribution in [2.24, 2.45) is 0 Å². The van der Waals surface area contributed by atoms with E-state index in [-0.39, 0.29) is 0 Å². The largest absolute Gasteiger partial charge is 0.452 e. The second kappa shape index (κ2) is 8.73. The smallest absolute Gasteiger partial charge is 0.340 e. The summed E-state index contributed by atoms with van der Waals surface area (Å²) in [7, 11) is 0. The molecule has 0 unspecified atom stereocenters. The van der Waals surface area contributed by atoms with Crippen LogP contribution in [0.25, 0.3) is 10.9 Å². The van der Waals surface area contributed by atoms with Gasteiger partial charge in [-0.3, -0.25) is 15.1 Å². The van der Waals surface area contributed by atoms with Gasteiger partial charge in [0.2, 0.25) is 0 Å². The number of benzene rings is 2. The first-order valence-corrected chi connectivity index (χ1v) is 9.48. The van der Waals surface area contributed by atoms with Crippen molar-refractivity contribution < 1.29 is 19.1 Å². The number of urea groups is 1. The van der Waals surface area contributed by atoms with E-state index in [4.69, 9.17) is 4.74 Å². The standard InChI is InChI=1S/C23H23N3O4/c1-13-8-7-11-18(14(13)2)25-23(29)26-20(27)12-30-22(28)21-15(3)17-9-5-6-10-19(17)24-16(21)4/h5-11H,12H2,1-4H3,(H2,25,26,27,29). The summed E-state index contributed by atoms with van der Waals surface area (Å²) in [6.45, 7) is 6.75. The molecule has 30 heavy (non-hydrogen) atoms. The number of fused-ring (bicyclic) bond motifs is 1. The highest BCUT2D eigenvalue weighted by atomic mass is 16.5. The van der Waals surface area contributed by atoms with Gasteiger partial charge in [-0.15, -0.1) is 0 Å². The number of aryl methyl sites for hydroxylation is 3. The van der Waals surface area contributed by atoms with E-state index >= 15 is 0 Å². The summed E-state index contributed by atoms with van der Waals surface area (Å²) in [6, 6.07) is 12.3. The molecule has 0 aliphatic carbocycles. The van der Waals surface area contributed by atoms with E-state index in [0.717, 1.165) is 27.6 Å². The van der Waals surface area contributed by atoms with Crippen molar-refractivity contribution in [2.45, 2.75) is 27.7 Å². The number of hydrogen-bond acceptors (Lipinski definition) is 5. The Morgan fingerprint density at radius 1 is 0.933 bits per heavy atom. The highest BCUT2D eigenvalue weighted by Gasteiger charge is 2.19. The fourth-order valence-electron chi connectivity index (χ4n) is 3.24. The van der Waals surface area contributed by atoms with Crippen LogP contribution in [0.15, 0.2) is 42.5 Å². The van der Waals surface area contributed by atoms with Gasteiger partial charge >= 0.3 is 12.0 Å². The molecular formula is C23H23N3O4. The number of imide groups is 1. The van der Waals surface area contributed by atoms with Crippen molar-refractivity contribution >= 4 is 34.5 Å². The summed E-state index contributed by atoms with van der Waals surface area (Å²) in [6.07, 6.45) is 0. The molecule has 0 atom stereocenters. The summed E-state index contributed by atoms with van der Waals surface area (Å²) >= 11 is 0. The Balaban J connectivity index is 1.62. The normalized spacial score (nSPS) is 10.5. The molecule has 0 spiro atoms. The topological polar surface area (TPSA) is 97.4 Å². The van der Waals surface area contributed by atoms with Crippen LogP contribution in [-0.2, 0) is 9.53 Å². The minimum atomic E-state index is -0.727. The molecule has 0 saturated carbocycles. The van der Waals surface area contributed by atoms with E-state index in [1.165, 1.54) is 0 Å². The lowest BCUT2D eigenvalue weighted by atomic mass is 10.0. The first kappa shape index (κ1) is 21.0. The van der Waals surface area contributed by atoms with Crippen molar-refractivity contribution in [3.63, 3.8) is 0 Å². The van der Waals surface area contributed by atoms with Gasteiger partial charge in [0.1, 0.15) is 0 Å². The minimum Gasteiger partial charge on any atom is -0.452 e. The summed E-state index contributed by atoms with van der Waals surface area (Å²) in [5, 5.41) is 5.62. The van der Waals surface area contributed by atoms with E-state index < -0.39 is 24.5 Å². The Bertz CT molecular complexity index is 1150. The summed E-state index contributed by atoms with van der Waals surface area (Å²) in [4.78, 5) is 41.1. The number of aromatic nitrogens is 1. The lowest BCUT2D eigenvalue weighted by Gasteiger charge is -2.13. The van der Waals surface area contributed by atoms with Crippen LogP contribution in [0.4, 0.5) is 10.5 Å². The number of esters is 1. The molecule has 7 nitrogen and oxygen atoms in total. The Labute approximate surface area is 174 Å². The van der Waals surface area contributed by atoms with Gasteiger partial charge in [-0.1, -0.05) is 30.3 Å². The molecule has 3 amide bonds. The molecular weight excluding hydrogens is 382 g/mol. The minimum absolute atomic E-state index is 0.321. The number of anilines is 1. The molecule has 2 aromatic carbocycles. The van der Waals surface area contributed by atoms with Gasteiger partial charge in [-0.2, -0.15) is 0 Å². The van der Waals surface area contributed by atoms with Crippen LogP contribution in [-0.4, -0.2) is 29.5 Å². The zero-order chi connectivity index (χ0) is 21.8. The molecule has 3 aromatic rings. The maximum atomic E-state index is 12.6. The molecule has 154 valence electrons. The SMILES string of the molecule is Cc1cccc(NC(=O)NC(=O)COC(=O)c2c(C)nc3ccccc3c2C)c1C. The van der Waals surface area contributed by atoms with Crippen LogP contribution in [0.3, 0.4) is 0 Å². The molecule has 2 N–H and O–H groups in total. The zero-order valence-corrected chi connectivity index (χ0v) is 17.3. The third-order valence-electron chi connectivity index (χ3n) is 4.98. The van der Waals surface area contributed by atoms with Crippen LogP contribution in [0.2, 0.25) is 0 Å². The number of ether oxygens (including phenoxy) is 1. The third kappa shape index (κ3) is 4.46. The van der Waals surface area contributed by atoms with Gasteiger partial charge in [0, 0.05) is 11.1 Å². The molecule has 0 fully saturated rings. The molecule has 1 aromatic heterocycles.